The van der Waals surface area contributed by atoms with E-state index in [1.807, 2.05) is 13.8 Å². The highest BCUT2D eigenvalue weighted by molar-refractivity contribution is 14.0. The van der Waals surface area contributed by atoms with Gasteiger partial charge in [0, 0.05) is 43.6 Å². The van der Waals surface area contributed by atoms with Crippen molar-refractivity contribution in [3.63, 3.8) is 0 Å². The summed E-state index contributed by atoms with van der Waals surface area (Å²) in [4.78, 5) is 27.0. The van der Waals surface area contributed by atoms with Crippen molar-refractivity contribution in [1.29, 1.82) is 0 Å². The van der Waals surface area contributed by atoms with E-state index >= 15 is 0 Å². The number of rotatable bonds is 6. The van der Waals surface area contributed by atoms with E-state index in [0.717, 1.165) is 62.2 Å². The van der Waals surface area contributed by atoms with Crippen LogP contribution in [-0.2, 0) is 11.3 Å². The molecule has 0 radical (unpaired) electrons. The minimum atomic E-state index is 0. The van der Waals surface area contributed by atoms with Crippen molar-refractivity contribution in [2.24, 2.45) is 4.99 Å². The summed E-state index contributed by atoms with van der Waals surface area (Å²) in [5.74, 6) is 1.12. The minimum absolute atomic E-state index is 0. The zero-order chi connectivity index (χ0) is 18.5. The van der Waals surface area contributed by atoms with Crippen molar-refractivity contribution < 1.29 is 4.79 Å². The highest BCUT2D eigenvalue weighted by Gasteiger charge is 2.25. The Morgan fingerprint density at radius 1 is 1.26 bits per heavy atom. The second-order valence-corrected chi connectivity index (χ2v) is 8.30. The van der Waals surface area contributed by atoms with Crippen LogP contribution in [0.25, 0.3) is 0 Å². The fraction of sp³-hybridized carbons (Fsp3) is 0.722. The average Bonchev–Trinajstić information content (AvgIpc) is 3.35. The van der Waals surface area contributed by atoms with Crippen LogP contribution in [-0.4, -0.2) is 72.0 Å². The normalized spacial score (nSPS) is 18.2. The Labute approximate surface area is 183 Å². The SMILES string of the molecule is CCNC(=NCc1sc(C)nc1C)N1CCN(CC(=O)NC2CC2)CC1.I. The summed E-state index contributed by atoms with van der Waals surface area (Å²) in [6.07, 6.45) is 2.28. The molecule has 2 fully saturated rings. The van der Waals surface area contributed by atoms with Crippen LogP contribution in [0.15, 0.2) is 4.99 Å². The fourth-order valence-corrected chi connectivity index (χ4v) is 3.98. The molecule has 1 amide bonds. The number of halogens is 1. The maximum atomic E-state index is 12.0. The van der Waals surface area contributed by atoms with Crippen LogP contribution in [0.1, 0.15) is 35.3 Å². The van der Waals surface area contributed by atoms with Crippen molar-refractivity contribution in [1.82, 2.24) is 25.4 Å². The Bertz CT molecular complexity index is 652. The molecule has 1 saturated heterocycles. The predicted molar refractivity (Wildman–Crippen MR) is 121 cm³/mol. The van der Waals surface area contributed by atoms with Gasteiger partial charge in [-0.25, -0.2) is 9.98 Å². The summed E-state index contributed by atoms with van der Waals surface area (Å²) >= 11 is 1.72. The Morgan fingerprint density at radius 3 is 2.52 bits per heavy atom. The highest BCUT2D eigenvalue weighted by Crippen LogP contribution is 2.19. The Hall–Kier alpha value is -0.940. The molecular formula is C18H31IN6OS. The van der Waals surface area contributed by atoms with Crippen LogP contribution in [0.2, 0.25) is 0 Å². The van der Waals surface area contributed by atoms with E-state index in [0.29, 0.717) is 19.1 Å². The molecule has 9 heteroatoms. The summed E-state index contributed by atoms with van der Waals surface area (Å²) in [5, 5.41) is 7.56. The van der Waals surface area contributed by atoms with Crippen molar-refractivity contribution in [2.75, 3.05) is 39.3 Å². The van der Waals surface area contributed by atoms with Crippen LogP contribution >= 0.6 is 35.3 Å². The largest absolute Gasteiger partial charge is 0.357 e. The number of aryl methyl sites for hydroxylation is 2. The molecule has 2 N–H and O–H groups in total. The summed E-state index contributed by atoms with van der Waals surface area (Å²) in [5.41, 5.74) is 1.08. The molecular weight excluding hydrogens is 475 g/mol. The number of amides is 1. The molecule has 0 bridgehead atoms. The molecule has 2 heterocycles. The number of carbonyl (C=O) groups is 1. The van der Waals surface area contributed by atoms with Gasteiger partial charge in [-0.1, -0.05) is 0 Å². The first-order valence-corrected chi connectivity index (χ1v) is 10.3. The maximum Gasteiger partial charge on any atom is 0.234 e. The molecule has 0 atom stereocenters. The van der Waals surface area contributed by atoms with Gasteiger partial charge in [0.2, 0.25) is 5.91 Å². The smallest absolute Gasteiger partial charge is 0.234 e. The quantitative estimate of drug-likeness (QED) is 0.350. The van der Waals surface area contributed by atoms with Crippen LogP contribution in [0.4, 0.5) is 0 Å². The van der Waals surface area contributed by atoms with Crippen molar-refractivity contribution in [3.8, 4) is 0 Å². The molecule has 1 aromatic rings. The first-order chi connectivity index (χ1) is 12.5. The van der Waals surface area contributed by atoms with Gasteiger partial charge in [0.1, 0.15) is 0 Å². The Morgan fingerprint density at radius 2 is 1.96 bits per heavy atom. The number of carbonyl (C=O) groups excluding carboxylic acids is 1. The van der Waals surface area contributed by atoms with Gasteiger partial charge < -0.3 is 15.5 Å². The minimum Gasteiger partial charge on any atom is -0.357 e. The van der Waals surface area contributed by atoms with E-state index in [9.17, 15) is 4.79 Å². The third kappa shape index (κ3) is 6.86. The van der Waals surface area contributed by atoms with Gasteiger partial charge >= 0.3 is 0 Å². The van der Waals surface area contributed by atoms with E-state index in [-0.39, 0.29) is 29.9 Å². The molecule has 7 nitrogen and oxygen atoms in total. The molecule has 27 heavy (non-hydrogen) atoms. The third-order valence-corrected chi connectivity index (χ3v) is 5.75. The lowest BCUT2D eigenvalue weighted by Crippen LogP contribution is -2.54. The van der Waals surface area contributed by atoms with E-state index in [2.05, 4.69) is 32.3 Å². The summed E-state index contributed by atoms with van der Waals surface area (Å²) in [7, 11) is 0. The molecule has 1 saturated carbocycles. The topological polar surface area (TPSA) is 72.9 Å². The van der Waals surface area contributed by atoms with Gasteiger partial charge in [-0.15, -0.1) is 35.3 Å². The standard InChI is InChI=1S/C18H30N6OS.HI/c1-4-19-18(20-11-16-13(2)21-14(3)26-16)24-9-7-23(8-10-24)12-17(25)22-15-5-6-15;/h15H,4-12H2,1-3H3,(H,19,20)(H,22,25);1H. The summed E-state index contributed by atoms with van der Waals surface area (Å²) in [6, 6.07) is 0.440. The molecule has 0 spiro atoms. The molecule has 1 aliphatic heterocycles. The van der Waals surface area contributed by atoms with Gasteiger partial charge in [0.25, 0.3) is 0 Å². The molecule has 3 rings (SSSR count). The number of guanidine groups is 1. The van der Waals surface area contributed by atoms with Gasteiger partial charge in [0.15, 0.2) is 5.96 Å². The Balaban J connectivity index is 0.00000261. The Kier molecular flexibility index (Phi) is 8.74. The second-order valence-electron chi connectivity index (χ2n) is 7.02. The lowest BCUT2D eigenvalue weighted by molar-refractivity contribution is -0.122. The highest BCUT2D eigenvalue weighted by atomic mass is 127. The van der Waals surface area contributed by atoms with Gasteiger partial charge in [0.05, 0.1) is 23.8 Å². The van der Waals surface area contributed by atoms with Crippen LogP contribution in [0.5, 0.6) is 0 Å². The van der Waals surface area contributed by atoms with E-state index in [1.165, 1.54) is 4.88 Å². The van der Waals surface area contributed by atoms with E-state index in [4.69, 9.17) is 4.99 Å². The van der Waals surface area contributed by atoms with E-state index in [1.54, 1.807) is 11.3 Å². The second kappa shape index (κ2) is 10.6. The number of nitrogens with one attached hydrogen (secondary N) is 2. The number of hydrogen-bond donors (Lipinski definition) is 2. The molecule has 0 unspecified atom stereocenters. The fourth-order valence-electron chi connectivity index (χ4n) is 3.11. The lowest BCUT2D eigenvalue weighted by atomic mass is 10.3. The number of aliphatic imine (C=N–C) groups is 1. The zero-order valence-electron chi connectivity index (χ0n) is 16.5. The first-order valence-electron chi connectivity index (χ1n) is 9.53. The monoisotopic (exact) mass is 506 g/mol. The molecule has 2 aliphatic rings. The number of thiazole rings is 1. The van der Waals surface area contributed by atoms with Gasteiger partial charge in [-0.3, -0.25) is 9.69 Å². The summed E-state index contributed by atoms with van der Waals surface area (Å²) in [6.45, 7) is 11.8. The molecule has 152 valence electrons. The third-order valence-electron chi connectivity index (χ3n) is 4.69. The maximum absolute atomic E-state index is 12.0. The predicted octanol–water partition coefficient (Wildman–Crippen LogP) is 1.74. The summed E-state index contributed by atoms with van der Waals surface area (Å²) < 4.78 is 0. The molecule has 0 aromatic carbocycles. The van der Waals surface area contributed by atoms with Crippen LogP contribution in [0.3, 0.4) is 0 Å². The zero-order valence-corrected chi connectivity index (χ0v) is 19.6. The van der Waals surface area contributed by atoms with Crippen molar-refractivity contribution >= 4 is 47.2 Å². The average molecular weight is 506 g/mol. The lowest BCUT2D eigenvalue weighted by Gasteiger charge is -2.36. The van der Waals surface area contributed by atoms with Crippen molar-refractivity contribution in [3.05, 3.63) is 15.6 Å². The van der Waals surface area contributed by atoms with Crippen LogP contribution < -0.4 is 10.6 Å². The number of aromatic nitrogens is 1. The van der Waals surface area contributed by atoms with Crippen molar-refractivity contribution in [2.45, 2.75) is 46.2 Å². The first kappa shape index (κ1) is 22.4. The number of nitrogens with zero attached hydrogens (tertiary/aromatic N) is 4. The number of hydrogen-bond acceptors (Lipinski definition) is 5. The van der Waals surface area contributed by atoms with E-state index < -0.39 is 0 Å². The van der Waals surface area contributed by atoms with Gasteiger partial charge in [-0.05, 0) is 33.6 Å². The molecule has 1 aliphatic carbocycles. The molecule has 1 aromatic heterocycles. The van der Waals surface area contributed by atoms with Gasteiger partial charge in [-0.2, -0.15) is 0 Å². The van der Waals surface area contributed by atoms with Crippen LogP contribution in [0, 0.1) is 13.8 Å². The number of piperazine rings is 1.